The van der Waals surface area contributed by atoms with E-state index in [0.29, 0.717) is 23.8 Å². The number of carbonyl (C=O) groups is 1. The van der Waals surface area contributed by atoms with Gasteiger partial charge in [-0.15, -0.1) is 0 Å². The maximum Gasteiger partial charge on any atom is 0.261 e. The largest absolute Gasteiger partial charge is 0.306 e. The summed E-state index contributed by atoms with van der Waals surface area (Å²) in [5.74, 6) is -0.105. The third-order valence-electron chi connectivity index (χ3n) is 6.51. The van der Waals surface area contributed by atoms with Crippen LogP contribution < -0.4 is 9.62 Å². The average molecular weight is 462 g/mol. The molecule has 2 aliphatic rings. The molecule has 0 aliphatic carbocycles. The van der Waals surface area contributed by atoms with E-state index in [-0.39, 0.29) is 10.8 Å². The number of anilines is 2. The van der Waals surface area contributed by atoms with E-state index in [1.54, 1.807) is 24.3 Å². The van der Waals surface area contributed by atoms with E-state index in [2.05, 4.69) is 15.7 Å². The molecule has 6 nitrogen and oxygen atoms in total. The van der Waals surface area contributed by atoms with E-state index < -0.39 is 10.0 Å². The predicted octanol–water partition coefficient (Wildman–Crippen LogP) is 4.42. The first-order valence-corrected chi connectivity index (χ1v) is 12.7. The second-order valence-corrected chi connectivity index (χ2v) is 10.5. The highest BCUT2D eigenvalue weighted by atomic mass is 32.2. The molecule has 0 spiro atoms. The molecule has 1 N–H and O–H groups in total. The van der Waals surface area contributed by atoms with Crippen molar-refractivity contribution in [2.75, 3.05) is 22.7 Å². The first kappa shape index (κ1) is 21.7. The summed E-state index contributed by atoms with van der Waals surface area (Å²) in [7, 11) is -3.74. The second-order valence-electron chi connectivity index (χ2n) is 8.81. The summed E-state index contributed by atoms with van der Waals surface area (Å²) in [4.78, 5) is 18.0. The summed E-state index contributed by atoms with van der Waals surface area (Å²) in [5, 5.41) is 0. The molecule has 0 aromatic heterocycles. The van der Waals surface area contributed by atoms with Crippen molar-refractivity contribution >= 4 is 27.3 Å². The van der Waals surface area contributed by atoms with Crippen LogP contribution in [0.5, 0.6) is 0 Å². The normalized spacial score (nSPS) is 18.3. The van der Waals surface area contributed by atoms with Gasteiger partial charge < -0.3 is 4.90 Å². The zero-order chi connectivity index (χ0) is 23.0. The van der Waals surface area contributed by atoms with Crippen molar-refractivity contribution in [3.05, 3.63) is 89.5 Å². The molecule has 0 saturated carbocycles. The van der Waals surface area contributed by atoms with Crippen molar-refractivity contribution in [3.63, 3.8) is 0 Å². The molecule has 1 atom stereocenters. The van der Waals surface area contributed by atoms with Gasteiger partial charge in [-0.25, -0.2) is 8.42 Å². The standard InChI is InChI=1S/C26H27N3O3S/c1-19-8-12-22(13-9-19)27-33(31,32)24-14-10-20(11-15-24)26(30)29-18-23-6-4-16-28(23)17-21-5-2-3-7-25(21)29/h2-3,5,7-15,23,27H,4,6,16-18H2,1H3. The highest BCUT2D eigenvalue weighted by molar-refractivity contribution is 7.92. The predicted molar refractivity (Wildman–Crippen MR) is 130 cm³/mol. The quantitative estimate of drug-likeness (QED) is 0.624. The minimum absolute atomic E-state index is 0.105. The number of hydrogen-bond donors (Lipinski definition) is 1. The molecule has 5 rings (SSSR count). The Bertz CT molecular complexity index is 1270. The van der Waals surface area contributed by atoms with Crippen LogP contribution in [0, 0.1) is 6.92 Å². The van der Waals surface area contributed by atoms with Crippen LogP contribution in [-0.2, 0) is 16.6 Å². The number of nitrogens with zero attached hydrogens (tertiary/aromatic N) is 2. The molecule has 170 valence electrons. The van der Waals surface area contributed by atoms with Crippen molar-refractivity contribution in [1.29, 1.82) is 0 Å². The van der Waals surface area contributed by atoms with Crippen LogP contribution in [0.15, 0.2) is 77.7 Å². The Morgan fingerprint density at radius 1 is 0.970 bits per heavy atom. The van der Waals surface area contributed by atoms with Crippen molar-refractivity contribution < 1.29 is 13.2 Å². The zero-order valence-corrected chi connectivity index (χ0v) is 19.4. The molecule has 0 bridgehead atoms. The molecule has 1 amide bonds. The minimum Gasteiger partial charge on any atom is -0.306 e. The van der Waals surface area contributed by atoms with Crippen molar-refractivity contribution in [1.82, 2.24) is 4.90 Å². The number of benzene rings is 3. The molecule has 3 aromatic carbocycles. The number of nitrogens with one attached hydrogen (secondary N) is 1. The fourth-order valence-corrected chi connectivity index (χ4v) is 5.76. The number of fused-ring (bicyclic) bond motifs is 2. The molecule has 33 heavy (non-hydrogen) atoms. The number of sulfonamides is 1. The SMILES string of the molecule is Cc1ccc(NS(=O)(=O)c2ccc(C(=O)N3CC4CCCN4Cc4ccccc43)cc2)cc1. The Kier molecular flexibility index (Phi) is 5.68. The summed E-state index contributed by atoms with van der Waals surface area (Å²) in [5.41, 5.74) is 4.12. The molecule has 1 saturated heterocycles. The molecular formula is C26H27N3O3S. The Balaban J connectivity index is 1.39. The number of aryl methyl sites for hydroxylation is 1. The fraction of sp³-hybridized carbons (Fsp3) is 0.269. The molecule has 7 heteroatoms. The summed E-state index contributed by atoms with van der Waals surface area (Å²) in [6, 6.07) is 21.8. The summed E-state index contributed by atoms with van der Waals surface area (Å²) < 4.78 is 28.2. The van der Waals surface area contributed by atoms with Crippen LogP contribution in [0.25, 0.3) is 0 Å². The minimum atomic E-state index is -3.74. The van der Waals surface area contributed by atoms with Gasteiger partial charge in [0, 0.05) is 36.1 Å². The van der Waals surface area contributed by atoms with Crippen molar-refractivity contribution in [2.45, 2.75) is 37.2 Å². The molecule has 1 unspecified atom stereocenters. The molecule has 0 radical (unpaired) electrons. The smallest absolute Gasteiger partial charge is 0.261 e. The summed E-state index contributed by atoms with van der Waals surface area (Å²) in [6.07, 6.45) is 2.23. The van der Waals surface area contributed by atoms with E-state index in [1.165, 1.54) is 12.1 Å². The number of carbonyl (C=O) groups excluding carboxylic acids is 1. The highest BCUT2D eigenvalue weighted by Gasteiger charge is 2.33. The van der Waals surface area contributed by atoms with Gasteiger partial charge in [-0.1, -0.05) is 35.9 Å². The van der Waals surface area contributed by atoms with Gasteiger partial charge in [0.15, 0.2) is 0 Å². The molecular weight excluding hydrogens is 434 g/mol. The number of rotatable bonds is 4. The number of hydrogen-bond acceptors (Lipinski definition) is 4. The molecule has 2 aliphatic heterocycles. The van der Waals surface area contributed by atoms with Crippen LogP contribution in [0.4, 0.5) is 11.4 Å². The summed E-state index contributed by atoms with van der Waals surface area (Å²) >= 11 is 0. The Morgan fingerprint density at radius 2 is 1.70 bits per heavy atom. The monoisotopic (exact) mass is 461 g/mol. The lowest BCUT2D eigenvalue weighted by atomic mass is 10.1. The zero-order valence-electron chi connectivity index (χ0n) is 18.6. The summed E-state index contributed by atoms with van der Waals surface area (Å²) in [6.45, 7) is 4.50. The average Bonchev–Trinajstić information content (AvgIpc) is 3.19. The first-order chi connectivity index (χ1) is 15.9. The maximum absolute atomic E-state index is 13.5. The Morgan fingerprint density at radius 3 is 2.45 bits per heavy atom. The van der Waals surface area contributed by atoms with Gasteiger partial charge in [-0.05, 0) is 74.3 Å². The van der Waals surface area contributed by atoms with Gasteiger partial charge in [0.2, 0.25) is 0 Å². The van der Waals surface area contributed by atoms with Gasteiger partial charge in [0.05, 0.1) is 4.90 Å². The Hall–Kier alpha value is -3.16. The lowest BCUT2D eigenvalue weighted by molar-refractivity contribution is 0.0981. The topological polar surface area (TPSA) is 69.7 Å². The van der Waals surface area contributed by atoms with Gasteiger partial charge in [-0.3, -0.25) is 14.4 Å². The van der Waals surface area contributed by atoms with E-state index in [0.717, 1.165) is 42.7 Å². The lowest BCUT2D eigenvalue weighted by Crippen LogP contribution is -2.40. The van der Waals surface area contributed by atoms with Gasteiger partial charge in [0.25, 0.3) is 15.9 Å². The van der Waals surface area contributed by atoms with Crippen LogP contribution >= 0.6 is 0 Å². The lowest BCUT2D eigenvalue weighted by Gasteiger charge is -2.26. The second kappa shape index (κ2) is 8.65. The Labute approximate surface area is 194 Å². The first-order valence-electron chi connectivity index (χ1n) is 11.2. The van der Waals surface area contributed by atoms with Crippen molar-refractivity contribution in [2.24, 2.45) is 0 Å². The number of amides is 1. The van der Waals surface area contributed by atoms with Gasteiger partial charge in [-0.2, -0.15) is 0 Å². The van der Waals surface area contributed by atoms with Crippen LogP contribution in [0.2, 0.25) is 0 Å². The van der Waals surface area contributed by atoms with Crippen LogP contribution in [0.3, 0.4) is 0 Å². The van der Waals surface area contributed by atoms with Crippen LogP contribution in [-0.4, -0.2) is 38.4 Å². The third-order valence-corrected chi connectivity index (χ3v) is 7.91. The van der Waals surface area contributed by atoms with E-state index >= 15 is 0 Å². The molecule has 2 heterocycles. The molecule has 1 fully saturated rings. The van der Waals surface area contributed by atoms with Gasteiger partial charge >= 0.3 is 0 Å². The van der Waals surface area contributed by atoms with E-state index in [4.69, 9.17) is 0 Å². The number of para-hydroxylation sites is 1. The third kappa shape index (κ3) is 4.38. The van der Waals surface area contributed by atoms with Crippen molar-refractivity contribution in [3.8, 4) is 0 Å². The van der Waals surface area contributed by atoms with E-state index in [1.807, 2.05) is 42.2 Å². The maximum atomic E-state index is 13.5. The molecule has 3 aromatic rings. The highest BCUT2D eigenvalue weighted by Crippen LogP contribution is 2.32. The van der Waals surface area contributed by atoms with Gasteiger partial charge in [0.1, 0.15) is 0 Å². The van der Waals surface area contributed by atoms with Crippen LogP contribution in [0.1, 0.15) is 34.3 Å². The van der Waals surface area contributed by atoms with E-state index in [9.17, 15) is 13.2 Å². The fourth-order valence-electron chi connectivity index (χ4n) is 4.71.